The summed E-state index contributed by atoms with van der Waals surface area (Å²) in [6.07, 6.45) is 3.60. The topological polar surface area (TPSA) is 92.9 Å². The number of carbonyl (C=O) groups is 1. The molecule has 4 aromatic heterocycles. The lowest BCUT2D eigenvalue weighted by atomic mass is 10.3. The lowest BCUT2D eigenvalue weighted by Crippen LogP contribution is -1.98. The first-order chi connectivity index (χ1) is 13.2. The zero-order valence-electron chi connectivity index (χ0n) is 13.7. The molecule has 0 amide bonds. The van der Waals surface area contributed by atoms with Gasteiger partial charge < -0.3 is 10.4 Å². The van der Waals surface area contributed by atoms with Gasteiger partial charge in [-0.05, 0) is 24.3 Å². The molecule has 9 heteroatoms. The fourth-order valence-electron chi connectivity index (χ4n) is 2.78. The Morgan fingerprint density at radius 1 is 1.19 bits per heavy atom. The fourth-order valence-corrected chi connectivity index (χ4v) is 4.44. The Morgan fingerprint density at radius 2 is 2.07 bits per heavy atom. The maximum Gasteiger partial charge on any atom is 0.355 e. The molecule has 2 N–H and O–H groups in total. The molecular formula is C18H11N5O2S2. The Hall–Kier alpha value is -3.30. The molecule has 0 fully saturated rings. The number of para-hydroxylation sites is 1. The van der Waals surface area contributed by atoms with E-state index in [0.29, 0.717) is 10.9 Å². The summed E-state index contributed by atoms with van der Waals surface area (Å²) in [5, 5.41) is 16.2. The number of benzene rings is 1. The highest BCUT2D eigenvalue weighted by atomic mass is 32.1. The molecule has 0 aliphatic heterocycles. The molecule has 0 spiro atoms. The summed E-state index contributed by atoms with van der Waals surface area (Å²) in [7, 11) is 0. The number of aromatic nitrogens is 4. The normalized spacial score (nSPS) is 11.3. The van der Waals surface area contributed by atoms with Crippen molar-refractivity contribution >= 4 is 60.7 Å². The summed E-state index contributed by atoms with van der Waals surface area (Å²) in [5.41, 5.74) is 1.85. The van der Waals surface area contributed by atoms with Crippen LogP contribution in [-0.4, -0.2) is 30.6 Å². The quantitative estimate of drug-likeness (QED) is 0.466. The maximum atomic E-state index is 11.0. The number of fused-ring (bicyclic) bond motifs is 2. The number of nitrogens with zero attached hydrogens (tertiary/aromatic N) is 4. The summed E-state index contributed by atoms with van der Waals surface area (Å²) in [4.78, 5) is 24.2. The van der Waals surface area contributed by atoms with Crippen LogP contribution in [0.2, 0.25) is 0 Å². The van der Waals surface area contributed by atoms with Crippen LogP contribution in [0.1, 0.15) is 10.5 Å². The van der Waals surface area contributed by atoms with Gasteiger partial charge in [-0.15, -0.1) is 11.3 Å². The van der Waals surface area contributed by atoms with Gasteiger partial charge in [-0.25, -0.2) is 19.7 Å². The van der Waals surface area contributed by atoms with Crippen molar-refractivity contribution in [2.24, 2.45) is 0 Å². The Balaban J connectivity index is 1.48. The minimum Gasteiger partial charge on any atom is -0.476 e. The number of pyridine rings is 1. The van der Waals surface area contributed by atoms with Gasteiger partial charge in [-0.2, -0.15) is 0 Å². The predicted molar refractivity (Wildman–Crippen MR) is 107 cm³/mol. The average Bonchev–Trinajstić information content (AvgIpc) is 3.38. The lowest BCUT2D eigenvalue weighted by Gasteiger charge is -2.03. The van der Waals surface area contributed by atoms with Crippen LogP contribution in [-0.2, 0) is 0 Å². The van der Waals surface area contributed by atoms with Crippen LogP contribution >= 0.6 is 22.7 Å². The van der Waals surface area contributed by atoms with Crippen molar-refractivity contribution in [2.45, 2.75) is 0 Å². The first-order valence-electron chi connectivity index (χ1n) is 7.96. The Labute approximate surface area is 160 Å². The highest BCUT2D eigenvalue weighted by molar-refractivity contribution is 7.22. The Morgan fingerprint density at radius 3 is 2.89 bits per heavy atom. The van der Waals surface area contributed by atoms with Crippen LogP contribution in [0.5, 0.6) is 0 Å². The van der Waals surface area contributed by atoms with Crippen molar-refractivity contribution in [1.29, 1.82) is 0 Å². The first-order valence-corrected chi connectivity index (χ1v) is 9.66. The molecule has 4 heterocycles. The van der Waals surface area contributed by atoms with Crippen LogP contribution in [0.4, 0.5) is 10.9 Å². The van der Waals surface area contributed by atoms with Crippen molar-refractivity contribution in [3.8, 4) is 5.13 Å². The number of hydrogen-bond acceptors (Lipinski definition) is 7. The molecule has 5 aromatic rings. The zero-order valence-corrected chi connectivity index (χ0v) is 15.3. The van der Waals surface area contributed by atoms with Crippen molar-refractivity contribution in [3.05, 3.63) is 59.9 Å². The number of carboxylic acids is 1. The van der Waals surface area contributed by atoms with Gasteiger partial charge in [-0.1, -0.05) is 23.5 Å². The Kier molecular flexibility index (Phi) is 3.62. The monoisotopic (exact) mass is 393 g/mol. The van der Waals surface area contributed by atoms with E-state index in [1.54, 1.807) is 17.5 Å². The third-order valence-electron chi connectivity index (χ3n) is 4.02. The minimum atomic E-state index is -1.03. The van der Waals surface area contributed by atoms with Gasteiger partial charge in [0.15, 0.2) is 16.0 Å². The second-order valence-electron chi connectivity index (χ2n) is 5.75. The third-order valence-corrected chi connectivity index (χ3v) is 5.81. The van der Waals surface area contributed by atoms with Crippen LogP contribution in [0.25, 0.3) is 26.3 Å². The molecule has 0 saturated heterocycles. The molecule has 0 aliphatic rings. The molecule has 0 saturated carbocycles. The van der Waals surface area contributed by atoms with E-state index in [4.69, 9.17) is 5.11 Å². The average molecular weight is 393 g/mol. The van der Waals surface area contributed by atoms with E-state index in [0.717, 1.165) is 26.3 Å². The van der Waals surface area contributed by atoms with Gasteiger partial charge in [-0.3, -0.25) is 4.57 Å². The molecule has 0 atom stereocenters. The van der Waals surface area contributed by atoms with E-state index in [1.165, 1.54) is 16.7 Å². The fraction of sp³-hybridized carbons (Fsp3) is 0. The zero-order chi connectivity index (χ0) is 18.4. The number of carboxylic acid groups (broad SMARTS) is 1. The van der Waals surface area contributed by atoms with Gasteiger partial charge in [0, 0.05) is 17.0 Å². The van der Waals surface area contributed by atoms with Crippen molar-refractivity contribution in [2.75, 3.05) is 5.32 Å². The number of rotatable bonds is 4. The largest absolute Gasteiger partial charge is 0.476 e. The first kappa shape index (κ1) is 15.9. The molecule has 0 radical (unpaired) electrons. The van der Waals surface area contributed by atoms with Crippen molar-refractivity contribution < 1.29 is 9.90 Å². The van der Waals surface area contributed by atoms with Gasteiger partial charge in [0.2, 0.25) is 0 Å². The maximum absolute atomic E-state index is 11.0. The van der Waals surface area contributed by atoms with E-state index >= 15 is 0 Å². The SMILES string of the molecule is O=C(O)c1csc(-n2ccc3cc(Nc4nc5ccccc5s4)ncc32)n1. The van der Waals surface area contributed by atoms with Gasteiger partial charge in [0.1, 0.15) is 5.82 Å². The molecular weight excluding hydrogens is 382 g/mol. The standard InChI is InChI=1S/C18H11N5O2S2/c24-16(25)12-9-26-18(21-12)23-6-5-10-7-15(19-8-13(10)23)22-17-20-11-3-1-2-4-14(11)27-17/h1-9H,(H,24,25)(H,19,20,22). The molecule has 132 valence electrons. The summed E-state index contributed by atoms with van der Waals surface area (Å²) in [6, 6.07) is 11.9. The van der Waals surface area contributed by atoms with Crippen LogP contribution in [0.3, 0.4) is 0 Å². The molecule has 0 bridgehead atoms. The molecule has 0 aliphatic carbocycles. The summed E-state index contributed by atoms with van der Waals surface area (Å²) in [6.45, 7) is 0. The van der Waals surface area contributed by atoms with Gasteiger partial charge in [0.25, 0.3) is 0 Å². The van der Waals surface area contributed by atoms with Crippen molar-refractivity contribution in [1.82, 2.24) is 19.5 Å². The molecule has 27 heavy (non-hydrogen) atoms. The van der Waals surface area contributed by atoms with E-state index in [-0.39, 0.29) is 5.69 Å². The predicted octanol–water partition coefficient (Wildman–Crippen LogP) is 4.53. The highest BCUT2D eigenvalue weighted by Gasteiger charge is 2.13. The molecule has 7 nitrogen and oxygen atoms in total. The minimum absolute atomic E-state index is 0.0407. The van der Waals surface area contributed by atoms with E-state index in [1.807, 2.05) is 47.2 Å². The van der Waals surface area contributed by atoms with Gasteiger partial charge in [0.05, 0.1) is 21.9 Å². The number of hydrogen-bond donors (Lipinski definition) is 2. The molecule has 5 rings (SSSR count). The number of aromatic carboxylic acids is 1. The van der Waals surface area contributed by atoms with Crippen LogP contribution in [0, 0.1) is 0 Å². The number of anilines is 2. The summed E-state index contributed by atoms with van der Waals surface area (Å²) in [5.74, 6) is -0.334. The van der Waals surface area contributed by atoms with E-state index < -0.39 is 5.97 Å². The lowest BCUT2D eigenvalue weighted by molar-refractivity contribution is 0.0691. The van der Waals surface area contributed by atoms with Gasteiger partial charge >= 0.3 is 5.97 Å². The molecule has 1 aromatic carbocycles. The Bertz CT molecular complexity index is 1270. The van der Waals surface area contributed by atoms with E-state index in [9.17, 15) is 4.79 Å². The molecule has 0 unspecified atom stereocenters. The number of nitrogens with one attached hydrogen (secondary N) is 1. The second-order valence-corrected chi connectivity index (χ2v) is 7.61. The highest BCUT2D eigenvalue weighted by Crippen LogP contribution is 2.29. The smallest absolute Gasteiger partial charge is 0.355 e. The van der Waals surface area contributed by atoms with Crippen molar-refractivity contribution in [3.63, 3.8) is 0 Å². The van der Waals surface area contributed by atoms with E-state index in [2.05, 4.69) is 20.3 Å². The summed E-state index contributed by atoms with van der Waals surface area (Å²) >= 11 is 2.85. The second kappa shape index (κ2) is 6.15. The van der Waals surface area contributed by atoms with Crippen LogP contribution in [0.15, 0.2) is 54.2 Å². The number of thiazole rings is 2. The summed E-state index contributed by atoms with van der Waals surface area (Å²) < 4.78 is 2.95. The third kappa shape index (κ3) is 2.82. The van der Waals surface area contributed by atoms with Crippen LogP contribution < -0.4 is 5.32 Å².